The van der Waals surface area contributed by atoms with Crippen LogP contribution in [0, 0.1) is 11.8 Å². The summed E-state index contributed by atoms with van der Waals surface area (Å²) in [6, 6.07) is 0.994. The fraction of sp³-hybridized carbons (Fsp3) is 0.583. The number of aromatic amines is 1. The van der Waals surface area contributed by atoms with Crippen LogP contribution in [0.15, 0.2) is 24.5 Å². The molecule has 1 aromatic heterocycles. The lowest BCUT2D eigenvalue weighted by molar-refractivity contribution is 0.151. The Morgan fingerprint density at radius 3 is 3.27 bits per heavy atom. The third-order valence-corrected chi connectivity index (χ3v) is 3.76. The van der Waals surface area contributed by atoms with E-state index >= 15 is 0 Å². The Kier molecular flexibility index (Phi) is 2.13. The van der Waals surface area contributed by atoms with E-state index in [1.54, 1.807) is 0 Å². The molecule has 0 radical (unpaired) electrons. The van der Waals surface area contributed by atoms with Crippen molar-refractivity contribution in [1.82, 2.24) is 15.3 Å². The van der Waals surface area contributed by atoms with E-state index in [1.807, 2.05) is 12.4 Å². The predicted octanol–water partition coefficient (Wildman–Crippen LogP) is 2.02. The van der Waals surface area contributed by atoms with Gasteiger partial charge in [0.25, 0.3) is 0 Å². The lowest BCUT2D eigenvalue weighted by Gasteiger charge is -2.42. The van der Waals surface area contributed by atoms with E-state index in [9.17, 15) is 0 Å². The number of aromatic nitrogens is 2. The number of nitrogens with one attached hydrogen (secondary N) is 2. The highest BCUT2D eigenvalue weighted by Crippen LogP contribution is 2.43. The summed E-state index contributed by atoms with van der Waals surface area (Å²) in [7, 11) is 0. The maximum Gasteiger partial charge on any atom is 0.122 e. The van der Waals surface area contributed by atoms with Gasteiger partial charge in [0.15, 0.2) is 0 Å². The highest BCUT2D eigenvalue weighted by Gasteiger charge is 2.41. The average Bonchev–Trinajstić information content (AvgIpc) is 2.82. The van der Waals surface area contributed by atoms with Crippen molar-refractivity contribution in [2.75, 3.05) is 0 Å². The van der Waals surface area contributed by atoms with Crippen molar-refractivity contribution in [3.63, 3.8) is 0 Å². The second kappa shape index (κ2) is 3.49. The van der Waals surface area contributed by atoms with Crippen molar-refractivity contribution >= 4 is 0 Å². The lowest BCUT2D eigenvalue weighted by Crippen LogP contribution is -2.48. The van der Waals surface area contributed by atoms with Crippen molar-refractivity contribution in [3.05, 3.63) is 30.4 Å². The van der Waals surface area contributed by atoms with Gasteiger partial charge in [-0.05, 0) is 31.6 Å². The normalized spacial score (nSPS) is 34.9. The molecule has 3 nitrogen and oxygen atoms in total. The molecule has 15 heavy (non-hydrogen) atoms. The third-order valence-electron chi connectivity index (χ3n) is 3.76. The summed E-state index contributed by atoms with van der Waals surface area (Å²) >= 11 is 0. The number of hydrogen-bond acceptors (Lipinski definition) is 2. The van der Waals surface area contributed by atoms with Gasteiger partial charge in [-0.15, -0.1) is 0 Å². The molecule has 1 saturated carbocycles. The summed E-state index contributed by atoms with van der Waals surface area (Å²) < 4.78 is 0. The molecule has 2 aliphatic rings. The minimum absolute atomic E-state index is 0.333. The van der Waals surface area contributed by atoms with Gasteiger partial charge in [0.05, 0.1) is 6.04 Å². The lowest BCUT2D eigenvalue weighted by atomic mass is 9.71. The fourth-order valence-electron chi connectivity index (χ4n) is 2.82. The van der Waals surface area contributed by atoms with Gasteiger partial charge >= 0.3 is 0 Å². The molecule has 3 heteroatoms. The average molecular weight is 203 g/mol. The van der Waals surface area contributed by atoms with Crippen LogP contribution in [0.5, 0.6) is 0 Å². The molecule has 4 unspecified atom stereocenters. The molecule has 80 valence electrons. The van der Waals surface area contributed by atoms with Crippen LogP contribution in [0.25, 0.3) is 0 Å². The number of nitrogens with zero attached hydrogens (tertiary/aromatic N) is 1. The summed E-state index contributed by atoms with van der Waals surface area (Å²) in [6.07, 6.45) is 11.0. The van der Waals surface area contributed by atoms with Crippen LogP contribution in [-0.4, -0.2) is 16.0 Å². The topological polar surface area (TPSA) is 40.7 Å². The first-order valence-corrected chi connectivity index (χ1v) is 5.76. The van der Waals surface area contributed by atoms with Crippen LogP contribution in [0.2, 0.25) is 0 Å². The second-order valence-electron chi connectivity index (χ2n) is 4.71. The Morgan fingerprint density at radius 1 is 1.60 bits per heavy atom. The monoisotopic (exact) mass is 203 g/mol. The molecule has 1 fully saturated rings. The van der Waals surface area contributed by atoms with Crippen molar-refractivity contribution in [3.8, 4) is 0 Å². The molecule has 3 rings (SSSR count). The maximum atomic E-state index is 4.28. The van der Waals surface area contributed by atoms with Gasteiger partial charge in [-0.25, -0.2) is 4.98 Å². The van der Waals surface area contributed by atoms with Gasteiger partial charge in [0.1, 0.15) is 5.82 Å². The molecule has 0 spiro atoms. The zero-order chi connectivity index (χ0) is 10.3. The van der Waals surface area contributed by atoms with Crippen LogP contribution >= 0.6 is 0 Å². The number of hydrogen-bond donors (Lipinski definition) is 2. The Morgan fingerprint density at radius 2 is 2.53 bits per heavy atom. The van der Waals surface area contributed by atoms with E-state index in [1.165, 1.54) is 12.8 Å². The third kappa shape index (κ3) is 1.51. The van der Waals surface area contributed by atoms with Crippen LogP contribution < -0.4 is 5.32 Å². The van der Waals surface area contributed by atoms with Gasteiger partial charge in [-0.2, -0.15) is 0 Å². The standard InChI is InChI=1S/C12H17N3/c1-8(12-13-5-6-14-12)15-11-7-9-3-2-4-10(9)11/h2,4-6,8-11,15H,3,7H2,1H3,(H,13,14). The molecular formula is C12H17N3. The van der Waals surface area contributed by atoms with Crippen molar-refractivity contribution < 1.29 is 0 Å². The van der Waals surface area contributed by atoms with Crippen molar-refractivity contribution in [2.24, 2.45) is 11.8 Å². The molecule has 2 aliphatic carbocycles. The molecule has 0 aromatic carbocycles. The Hall–Kier alpha value is -1.09. The summed E-state index contributed by atoms with van der Waals surface area (Å²) in [6.45, 7) is 2.17. The predicted molar refractivity (Wildman–Crippen MR) is 59.3 cm³/mol. The Balaban J connectivity index is 1.60. The number of fused-ring (bicyclic) bond motifs is 1. The van der Waals surface area contributed by atoms with Gasteiger partial charge in [-0.1, -0.05) is 12.2 Å². The van der Waals surface area contributed by atoms with E-state index in [-0.39, 0.29) is 0 Å². The first kappa shape index (κ1) is 9.16. The first-order valence-electron chi connectivity index (χ1n) is 5.76. The molecule has 2 N–H and O–H groups in total. The fourth-order valence-corrected chi connectivity index (χ4v) is 2.82. The van der Waals surface area contributed by atoms with Gasteiger partial charge in [0.2, 0.25) is 0 Å². The van der Waals surface area contributed by atoms with E-state index < -0.39 is 0 Å². The maximum absolute atomic E-state index is 4.28. The quantitative estimate of drug-likeness (QED) is 0.738. The SMILES string of the molecule is CC(NC1CC2CC=CC21)c1ncc[nH]1. The highest BCUT2D eigenvalue weighted by molar-refractivity contribution is 5.13. The van der Waals surface area contributed by atoms with Gasteiger partial charge < -0.3 is 10.3 Å². The van der Waals surface area contributed by atoms with Gasteiger partial charge in [0, 0.05) is 18.4 Å². The molecule has 1 heterocycles. The molecule has 1 aromatic rings. The molecule has 0 bridgehead atoms. The minimum atomic E-state index is 0.333. The Bertz CT molecular complexity index is 355. The molecular weight excluding hydrogens is 186 g/mol. The van der Waals surface area contributed by atoms with E-state index in [0.29, 0.717) is 12.1 Å². The number of imidazole rings is 1. The van der Waals surface area contributed by atoms with E-state index in [2.05, 4.69) is 34.4 Å². The molecule has 0 aliphatic heterocycles. The van der Waals surface area contributed by atoms with E-state index in [0.717, 1.165) is 17.7 Å². The number of allylic oxidation sites excluding steroid dienone is 1. The zero-order valence-corrected chi connectivity index (χ0v) is 8.98. The van der Waals surface area contributed by atoms with Crippen LogP contribution in [0.3, 0.4) is 0 Å². The highest BCUT2D eigenvalue weighted by atomic mass is 15.0. The van der Waals surface area contributed by atoms with Crippen molar-refractivity contribution in [1.29, 1.82) is 0 Å². The Labute approximate surface area is 90.0 Å². The molecule has 0 amide bonds. The number of H-pyrrole nitrogens is 1. The van der Waals surface area contributed by atoms with Gasteiger partial charge in [-0.3, -0.25) is 0 Å². The molecule has 4 atom stereocenters. The smallest absolute Gasteiger partial charge is 0.122 e. The summed E-state index contributed by atoms with van der Waals surface area (Å²) in [5, 5.41) is 3.65. The summed E-state index contributed by atoms with van der Waals surface area (Å²) in [5.74, 6) is 2.74. The van der Waals surface area contributed by atoms with Crippen LogP contribution in [0.4, 0.5) is 0 Å². The van der Waals surface area contributed by atoms with E-state index in [4.69, 9.17) is 0 Å². The summed E-state index contributed by atoms with van der Waals surface area (Å²) in [4.78, 5) is 7.44. The second-order valence-corrected chi connectivity index (χ2v) is 4.71. The largest absolute Gasteiger partial charge is 0.347 e. The zero-order valence-electron chi connectivity index (χ0n) is 8.98. The number of rotatable bonds is 3. The minimum Gasteiger partial charge on any atom is -0.347 e. The summed E-state index contributed by atoms with van der Waals surface area (Å²) in [5.41, 5.74) is 0. The van der Waals surface area contributed by atoms with Crippen molar-refractivity contribution in [2.45, 2.75) is 31.8 Å². The first-order chi connectivity index (χ1) is 7.34. The van der Waals surface area contributed by atoms with Crippen LogP contribution in [0.1, 0.15) is 31.6 Å². The molecule has 0 saturated heterocycles. The van der Waals surface area contributed by atoms with Crippen LogP contribution in [-0.2, 0) is 0 Å².